The van der Waals surface area contributed by atoms with Crippen LogP contribution in [0.25, 0.3) is 0 Å². The fourth-order valence-corrected chi connectivity index (χ4v) is 3.19. The summed E-state index contributed by atoms with van der Waals surface area (Å²) < 4.78 is 5.88. The van der Waals surface area contributed by atoms with E-state index in [0.717, 1.165) is 24.8 Å². The van der Waals surface area contributed by atoms with Crippen LogP contribution in [0.15, 0.2) is 41.5 Å². The summed E-state index contributed by atoms with van der Waals surface area (Å²) in [5.41, 5.74) is 2.81. The van der Waals surface area contributed by atoms with Gasteiger partial charge in [0.15, 0.2) is 0 Å². The maximum atomic E-state index is 11.1. The maximum absolute atomic E-state index is 11.1. The third-order valence-electron chi connectivity index (χ3n) is 4.91. The van der Waals surface area contributed by atoms with E-state index in [1.807, 2.05) is 0 Å². The van der Waals surface area contributed by atoms with Crippen molar-refractivity contribution in [2.75, 3.05) is 0 Å². The van der Waals surface area contributed by atoms with E-state index in [1.165, 1.54) is 17.2 Å². The van der Waals surface area contributed by atoms with Crippen LogP contribution in [0, 0.1) is 0 Å². The Morgan fingerprint density at radius 3 is 2.65 bits per heavy atom. The molecule has 2 atom stereocenters. The lowest BCUT2D eigenvalue weighted by molar-refractivity contribution is -0.0433. The highest BCUT2D eigenvalue weighted by Crippen LogP contribution is 2.35. The number of rotatable bonds is 8. The van der Waals surface area contributed by atoms with Gasteiger partial charge in [0.2, 0.25) is 0 Å². The Morgan fingerprint density at radius 2 is 2.00 bits per heavy atom. The number of benzene rings is 1. The number of allylic oxidation sites excluding steroid dienone is 4. The van der Waals surface area contributed by atoms with Crippen LogP contribution >= 0.6 is 0 Å². The number of hydrogen-bond donors (Lipinski definition) is 2. The Kier molecular flexibility index (Phi) is 6.65. The van der Waals surface area contributed by atoms with Gasteiger partial charge in [-0.1, -0.05) is 23.3 Å². The van der Waals surface area contributed by atoms with Gasteiger partial charge in [-0.25, -0.2) is 4.79 Å². The smallest absolute Gasteiger partial charge is 0.335 e. The van der Waals surface area contributed by atoms with Crippen LogP contribution in [-0.2, 0) is 6.42 Å². The van der Waals surface area contributed by atoms with Gasteiger partial charge in [-0.3, -0.25) is 0 Å². The molecule has 0 aliphatic carbocycles. The van der Waals surface area contributed by atoms with Gasteiger partial charge in [0.05, 0.1) is 11.2 Å². The molecule has 2 unspecified atom stereocenters. The van der Waals surface area contributed by atoms with E-state index in [1.54, 1.807) is 19.1 Å². The molecule has 0 spiro atoms. The van der Waals surface area contributed by atoms with E-state index in [9.17, 15) is 9.90 Å². The third kappa shape index (κ3) is 5.46. The van der Waals surface area contributed by atoms with Gasteiger partial charge in [0.25, 0.3) is 0 Å². The van der Waals surface area contributed by atoms with Crippen molar-refractivity contribution in [2.24, 2.45) is 0 Å². The molecule has 142 valence electrons. The van der Waals surface area contributed by atoms with Gasteiger partial charge < -0.3 is 14.9 Å². The summed E-state index contributed by atoms with van der Waals surface area (Å²) in [4.78, 5) is 11.1. The average Bonchev–Trinajstić information content (AvgIpc) is 2.98. The summed E-state index contributed by atoms with van der Waals surface area (Å²) in [6, 6.07) is 4.86. The molecule has 0 aromatic heterocycles. The Morgan fingerprint density at radius 1 is 1.27 bits per heavy atom. The molecule has 0 fully saturated rings. The van der Waals surface area contributed by atoms with Crippen molar-refractivity contribution < 1.29 is 19.7 Å². The van der Waals surface area contributed by atoms with Crippen LogP contribution in [0.4, 0.5) is 0 Å². The first-order valence-corrected chi connectivity index (χ1v) is 9.23. The topological polar surface area (TPSA) is 66.8 Å². The fraction of sp³-hybridized carbons (Fsp3) is 0.500. The van der Waals surface area contributed by atoms with Gasteiger partial charge in [-0.2, -0.15) is 0 Å². The summed E-state index contributed by atoms with van der Waals surface area (Å²) in [5.74, 6) is -0.273. The van der Waals surface area contributed by atoms with Crippen molar-refractivity contribution in [2.45, 2.75) is 71.5 Å². The number of carboxylic acids is 1. The highest BCUT2D eigenvalue weighted by Gasteiger charge is 2.38. The quantitative estimate of drug-likeness (QED) is 0.648. The van der Waals surface area contributed by atoms with Crippen molar-refractivity contribution in [3.8, 4) is 5.75 Å². The Balaban J connectivity index is 1.90. The standard InChI is InChI=1S/C22H30O4/c1-15(2)7-5-8-16(3)9-6-12-22(4,25)20-14-18-13-17(21(23)24)10-11-19(18)26-20/h7,9-11,13,20,25H,5-6,8,12,14H2,1-4H3,(H,23,24)/b16-9+. The van der Waals surface area contributed by atoms with Crippen molar-refractivity contribution in [3.05, 3.63) is 52.6 Å². The predicted octanol–water partition coefficient (Wildman–Crippen LogP) is 4.91. The van der Waals surface area contributed by atoms with Crippen LogP contribution in [-0.4, -0.2) is 27.9 Å². The van der Waals surface area contributed by atoms with Crippen LogP contribution in [0.1, 0.15) is 69.3 Å². The molecule has 0 bridgehead atoms. The number of hydrogen-bond acceptors (Lipinski definition) is 3. The number of carbonyl (C=O) groups is 1. The van der Waals surface area contributed by atoms with E-state index in [2.05, 4.69) is 32.9 Å². The summed E-state index contributed by atoms with van der Waals surface area (Å²) in [6.07, 6.45) is 8.11. The lowest BCUT2D eigenvalue weighted by Crippen LogP contribution is -2.42. The first-order valence-electron chi connectivity index (χ1n) is 9.23. The van der Waals surface area contributed by atoms with E-state index in [4.69, 9.17) is 9.84 Å². The first-order chi connectivity index (χ1) is 12.2. The van der Waals surface area contributed by atoms with Crippen LogP contribution in [0.3, 0.4) is 0 Å². The van der Waals surface area contributed by atoms with Gasteiger partial charge >= 0.3 is 5.97 Å². The number of fused-ring (bicyclic) bond motifs is 1. The van der Waals surface area contributed by atoms with Crippen LogP contribution in [0.2, 0.25) is 0 Å². The summed E-state index contributed by atoms with van der Waals surface area (Å²) >= 11 is 0. The van der Waals surface area contributed by atoms with E-state index < -0.39 is 11.6 Å². The molecule has 1 aromatic rings. The normalized spacial score (nSPS) is 18.7. The molecule has 1 aromatic carbocycles. The monoisotopic (exact) mass is 358 g/mol. The molecule has 0 saturated carbocycles. The molecule has 4 heteroatoms. The second kappa shape index (κ2) is 8.54. The average molecular weight is 358 g/mol. The lowest BCUT2D eigenvalue weighted by atomic mass is 9.90. The fourth-order valence-electron chi connectivity index (χ4n) is 3.19. The molecule has 4 nitrogen and oxygen atoms in total. The molecule has 0 saturated heterocycles. The second-order valence-electron chi connectivity index (χ2n) is 7.70. The van der Waals surface area contributed by atoms with Crippen LogP contribution in [0.5, 0.6) is 5.75 Å². The van der Waals surface area contributed by atoms with E-state index in [-0.39, 0.29) is 11.7 Å². The zero-order valence-corrected chi connectivity index (χ0v) is 16.2. The predicted molar refractivity (Wildman–Crippen MR) is 104 cm³/mol. The molecular formula is C22H30O4. The molecule has 0 radical (unpaired) electrons. The molecule has 1 heterocycles. The van der Waals surface area contributed by atoms with Crippen molar-refractivity contribution >= 4 is 5.97 Å². The minimum atomic E-state index is -0.959. The highest BCUT2D eigenvalue weighted by atomic mass is 16.5. The summed E-state index contributed by atoms with van der Waals surface area (Å²) in [7, 11) is 0. The van der Waals surface area contributed by atoms with Crippen molar-refractivity contribution in [1.29, 1.82) is 0 Å². The molecular weight excluding hydrogens is 328 g/mol. The molecule has 0 amide bonds. The summed E-state index contributed by atoms with van der Waals surface area (Å²) in [5, 5.41) is 19.9. The zero-order valence-electron chi connectivity index (χ0n) is 16.2. The summed E-state index contributed by atoms with van der Waals surface area (Å²) in [6.45, 7) is 8.14. The zero-order chi connectivity index (χ0) is 19.3. The van der Waals surface area contributed by atoms with Gasteiger partial charge in [0.1, 0.15) is 11.9 Å². The van der Waals surface area contributed by atoms with Gasteiger partial charge in [-0.15, -0.1) is 0 Å². The lowest BCUT2D eigenvalue weighted by Gasteiger charge is -2.29. The van der Waals surface area contributed by atoms with Crippen molar-refractivity contribution in [3.63, 3.8) is 0 Å². The van der Waals surface area contributed by atoms with Gasteiger partial charge in [-0.05, 0) is 77.1 Å². The number of aliphatic hydroxyl groups is 1. The number of carboxylic acid groups (broad SMARTS) is 1. The third-order valence-corrected chi connectivity index (χ3v) is 4.91. The largest absolute Gasteiger partial charge is 0.487 e. The van der Waals surface area contributed by atoms with E-state index in [0.29, 0.717) is 18.6 Å². The second-order valence-corrected chi connectivity index (χ2v) is 7.70. The minimum Gasteiger partial charge on any atom is -0.487 e. The molecule has 2 rings (SSSR count). The van der Waals surface area contributed by atoms with Crippen LogP contribution < -0.4 is 4.74 Å². The SMILES string of the molecule is CC(C)=CCC/C(C)=C/CCC(C)(O)C1Cc2cc(C(=O)O)ccc2O1. The minimum absolute atomic E-state index is 0.252. The number of ether oxygens (including phenoxy) is 1. The number of aromatic carboxylic acids is 1. The first kappa shape index (κ1) is 20.2. The molecule has 1 aliphatic rings. The Bertz CT molecular complexity index is 709. The Labute approximate surface area is 156 Å². The molecule has 2 N–H and O–H groups in total. The molecule has 1 aliphatic heterocycles. The maximum Gasteiger partial charge on any atom is 0.335 e. The molecule has 26 heavy (non-hydrogen) atoms. The van der Waals surface area contributed by atoms with Crippen molar-refractivity contribution in [1.82, 2.24) is 0 Å². The Hall–Kier alpha value is -2.07. The van der Waals surface area contributed by atoms with E-state index >= 15 is 0 Å². The highest BCUT2D eigenvalue weighted by molar-refractivity contribution is 5.88. The van der Waals surface area contributed by atoms with Gasteiger partial charge in [0, 0.05) is 6.42 Å².